The van der Waals surface area contributed by atoms with E-state index in [4.69, 9.17) is 16.2 Å². The fourth-order valence-electron chi connectivity index (χ4n) is 6.61. The van der Waals surface area contributed by atoms with E-state index in [1.54, 1.807) is 4.90 Å². The van der Waals surface area contributed by atoms with Crippen molar-refractivity contribution in [2.24, 2.45) is 33.7 Å². The number of nitrogens with two attached hydrogens (primary N) is 2. The number of amides is 2. The molecule has 1 aromatic carbocycles. The van der Waals surface area contributed by atoms with Crippen molar-refractivity contribution < 1.29 is 31.9 Å². The maximum Gasteiger partial charge on any atom is 0.419 e. The molecule has 2 aliphatic heterocycles. The van der Waals surface area contributed by atoms with Crippen LogP contribution in [0.1, 0.15) is 63.1 Å². The molecule has 0 bridgehead atoms. The molecule has 43 heavy (non-hydrogen) atoms. The third-order valence-electron chi connectivity index (χ3n) is 8.55. The Morgan fingerprint density at radius 2 is 1.91 bits per heavy atom. The minimum atomic E-state index is -4.82. The molecular weight excluding hydrogens is 568 g/mol. The highest BCUT2D eigenvalue weighted by Crippen LogP contribution is 2.56. The molecule has 1 spiro atoms. The summed E-state index contributed by atoms with van der Waals surface area (Å²) in [6.07, 6.45) is 0.919. The number of hydrogen-bond donors (Lipinski definition) is 2. The second kappa shape index (κ2) is 11.0. The van der Waals surface area contributed by atoms with Crippen LogP contribution in [0.4, 0.5) is 22.4 Å². The largest absolute Gasteiger partial charge is 0.444 e. The van der Waals surface area contributed by atoms with E-state index in [2.05, 4.69) is 10.1 Å². The monoisotopic (exact) mass is 604 g/mol. The summed E-state index contributed by atoms with van der Waals surface area (Å²) in [6, 6.07) is 3.08. The Morgan fingerprint density at radius 3 is 2.56 bits per heavy atom. The Labute approximate surface area is 246 Å². The lowest BCUT2D eigenvalue weighted by molar-refractivity contribution is -0.140. The second-order valence-corrected chi connectivity index (χ2v) is 12.8. The maximum absolute atomic E-state index is 14.6. The number of halogens is 4. The van der Waals surface area contributed by atoms with E-state index in [0.29, 0.717) is 43.4 Å². The number of alkyl halides is 3. The number of aromatic nitrogens is 2. The van der Waals surface area contributed by atoms with Crippen LogP contribution in [0.3, 0.4) is 0 Å². The van der Waals surface area contributed by atoms with Gasteiger partial charge in [0.25, 0.3) is 5.91 Å². The first-order valence-corrected chi connectivity index (χ1v) is 14.3. The Hall–Kier alpha value is -3.90. The first-order chi connectivity index (χ1) is 20.1. The van der Waals surface area contributed by atoms with Gasteiger partial charge in [-0.2, -0.15) is 18.3 Å². The zero-order valence-corrected chi connectivity index (χ0v) is 24.4. The first-order valence-electron chi connectivity index (χ1n) is 14.3. The lowest BCUT2D eigenvalue weighted by Gasteiger charge is -2.48. The van der Waals surface area contributed by atoms with Gasteiger partial charge in [0.1, 0.15) is 11.4 Å². The van der Waals surface area contributed by atoms with E-state index in [0.717, 1.165) is 25.3 Å². The minimum Gasteiger partial charge on any atom is -0.444 e. The van der Waals surface area contributed by atoms with Crippen LogP contribution in [0.25, 0.3) is 0 Å². The standard InChI is InChI=1S/C30H36F4N6O3/c1-28(2,3)43-27(42)39-10-8-29(16-39)11-18(12-29)20-7-9-37-25(22(24(20)35)26(36)41)19-13-38-40(15-19)14-17-5-4-6-21(23(17)31)30(32,33)34/h4-6,13,15,18,20H,7-12,14,16,35H2,1-3H3,(H2,36,41). The molecule has 13 heteroatoms. The molecule has 1 aliphatic carbocycles. The average Bonchev–Trinajstić information content (AvgIpc) is 3.48. The van der Waals surface area contributed by atoms with Crippen molar-refractivity contribution in [1.82, 2.24) is 14.7 Å². The number of rotatable bonds is 5. The molecule has 2 amide bonds. The van der Waals surface area contributed by atoms with Crippen LogP contribution in [0.2, 0.25) is 0 Å². The van der Waals surface area contributed by atoms with Crippen molar-refractivity contribution in [3.05, 3.63) is 64.4 Å². The molecule has 3 heterocycles. The van der Waals surface area contributed by atoms with Gasteiger partial charge in [-0.15, -0.1) is 0 Å². The molecule has 232 valence electrons. The first kappa shape index (κ1) is 30.6. The summed E-state index contributed by atoms with van der Waals surface area (Å²) in [4.78, 5) is 31.6. The number of allylic oxidation sites excluding steroid dienone is 1. The summed E-state index contributed by atoms with van der Waals surface area (Å²) >= 11 is 0. The third-order valence-corrected chi connectivity index (χ3v) is 8.55. The van der Waals surface area contributed by atoms with Crippen LogP contribution in [0.5, 0.6) is 0 Å². The van der Waals surface area contributed by atoms with Crippen LogP contribution in [-0.2, 0) is 22.3 Å². The fraction of sp³-hybridized carbons (Fsp3) is 0.533. The lowest BCUT2D eigenvalue weighted by Crippen LogP contribution is -2.45. The van der Waals surface area contributed by atoms with Crippen molar-refractivity contribution >= 4 is 17.7 Å². The zero-order chi connectivity index (χ0) is 31.3. The quantitative estimate of drug-likeness (QED) is 0.481. The summed E-state index contributed by atoms with van der Waals surface area (Å²) in [5, 5.41) is 4.17. The Morgan fingerprint density at radius 1 is 1.19 bits per heavy atom. The number of nitrogens with zero attached hydrogens (tertiary/aromatic N) is 4. The highest BCUT2D eigenvalue weighted by atomic mass is 19.4. The highest BCUT2D eigenvalue weighted by Gasteiger charge is 2.52. The molecule has 2 fully saturated rings. The SMILES string of the molecule is CC(C)(C)OC(=O)N1CCC2(CC(C3CCN=C(c4cnn(Cc5cccc(C(F)(F)F)c5F)c4)C(C(N)=O)=C3N)C2)C1. The van der Waals surface area contributed by atoms with Gasteiger partial charge in [0.2, 0.25) is 0 Å². The average molecular weight is 605 g/mol. The van der Waals surface area contributed by atoms with Gasteiger partial charge in [0, 0.05) is 48.6 Å². The van der Waals surface area contributed by atoms with Crippen LogP contribution in [0, 0.1) is 23.1 Å². The van der Waals surface area contributed by atoms with E-state index in [1.807, 2.05) is 20.8 Å². The Balaban J connectivity index is 1.31. The van der Waals surface area contributed by atoms with Crippen molar-refractivity contribution in [3.8, 4) is 0 Å². The van der Waals surface area contributed by atoms with Crippen molar-refractivity contribution in [1.29, 1.82) is 0 Å². The lowest BCUT2D eigenvalue weighted by atomic mass is 9.56. The molecule has 3 aliphatic rings. The van der Waals surface area contributed by atoms with Crippen molar-refractivity contribution in [2.45, 2.75) is 64.8 Å². The predicted molar refractivity (Wildman–Crippen MR) is 150 cm³/mol. The summed E-state index contributed by atoms with van der Waals surface area (Å²) < 4.78 is 60.9. The summed E-state index contributed by atoms with van der Waals surface area (Å²) in [7, 11) is 0. The maximum atomic E-state index is 14.6. The Bertz CT molecular complexity index is 1480. The van der Waals surface area contributed by atoms with Gasteiger partial charge in [-0.05, 0) is 63.9 Å². The molecule has 1 unspecified atom stereocenters. The topological polar surface area (TPSA) is 129 Å². The van der Waals surface area contributed by atoms with Crippen molar-refractivity contribution in [2.75, 3.05) is 19.6 Å². The van der Waals surface area contributed by atoms with Crippen molar-refractivity contribution in [3.63, 3.8) is 0 Å². The second-order valence-electron chi connectivity index (χ2n) is 12.8. The number of benzene rings is 1. The molecule has 1 aromatic heterocycles. The number of aliphatic imine (C=N–C) groups is 1. The number of carbonyl (C=O) groups is 2. The highest BCUT2D eigenvalue weighted by molar-refractivity contribution is 6.28. The molecule has 9 nitrogen and oxygen atoms in total. The van der Waals surface area contributed by atoms with E-state index in [-0.39, 0.29) is 46.7 Å². The smallest absolute Gasteiger partial charge is 0.419 e. The molecule has 5 rings (SSSR count). The molecular formula is C30H36F4N6O3. The van der Waals surface area contributed by atoms with E-state index < -0.39 is 29.1 Å². The summed E-state index contributed by atoms with van der Waals surface area (Å²) in [6.45, 7) is 6.87. The van der Waals surface area contributed by atoms with Gasteiger partial charge in [0.15, 0.2) is 0 Å². The molecule has 0 radical (unpaired) electrons. The van der Waals surface area contributed by atoms with Gasteiger partial charge < -0.3 is 21.1 Å². The Kier molecular flexibility index (Phi) is 7.80. The molecule has 4 N–H and O–H groups in total. The van der Waals surface area contributed by atoms with E-state index >= 15 is 0 Å². The predicted octanol–water partition coefficient (Wildman–Crippen LogP) is 4.63. The fourth-order valence-corrected chi connectivity index (χ4v) is 6.61. The number of primary amides is 1. The van der Waals surface area contributed by atoms with Gasteiger partial charge in [-0.3, -0.25) is 14.5 Å². The normalized spacial score (nSPS) is 24.5. The number of hydrogen-bond acceptors (Lipinski definition) is 6. The van der Waals surface area contributed by atoms with Crippen LogP contribution in [-0.4, -0.2) is 57.6 Å². The molecule has 1 saturated heterocycles. The third kappa shape index (κ3) is 6.25. The summed E-state index contributed by atoms with van der Waals surface area (Å²) in [5.74, 6) is -2.06. The van der Waals surface area contributed by atoms with Gasteiger partial charge in [-0.1, -0.05) is 12.1 Å². The van der Waals surface area contributed by atoms with Crippen LogP contribution in [0.15, 0.2) is 46.9 Å². The number of likely N-dealkylation sites (tertiary alicyclic amines) is 1. The van der Waals surface area contributed by atoms with E-state index in [1.165, 1.54) is 23.1 Å². The zero-order valence-electron chi connectivity index (χ0n) is 24.4. The molecule has 2 aromatic rings. The van der Waals surface area contributed by atoms with Gasteiger partial charge >= 0.3 is 12.3 Å². The van der Waals surface area contributed by atoms with Crippen LogP contribution >= 0.6 is 0 Å². The molecule has 1 atom stereocenters. The molecule has 1 saturated carbocycles. The number of ether oxygens (including phenoxy) is 1. The number of carbonyl (C=O) groups excluding carboxylic acids is 2. The van der Waals surface area contributed by atoms with E-state index in [9.17, 15) is 27.2 Å². The van der Waals surface area contributed by atoms with Gasteiger partial charge in [-0.25, -0.2) is 9.18 Å². The summed E-state index contributed by atoms with van der Waals surface area (Å²) in [5.41, 5.74) is 11.4. The van der Waals surface area contributed by atoms with Gasteiger partial charge in [0.05, 0.1) is 29.6 Å². The minimum absolute atomic E-state index is 0.00936. The van der Waals surface area contributed by atoms with Crippen LogP contribution < -0.4 is 11.5 Å².